The smallest absolute Gasteiger partial charge is 0.330 e. The molecule has 0 unspecified atom stereocenters. The van der Waals surface area contributed by atoms with Crippen LogP contribution in [0, 0.1) is 0 Å². The molecule has 0 bridgehead atoms. The molecular weight excluding hydrogens is 384 g/mol. The minimum Gasteiger partial charge on any atom is -0.395 e. The van der Waals surface area contributed by atoms with Gasteiger partial charge in [0, 0.05) is 13.6 Å². The molecule has 1 aromatic carbocycles. The quantitative estimate of drug-likeness (QED) is 0.528. The molecular formula is C18H21ClN6O3. The maximum Gasteiger partial charge on any atom is 0.330 e. The van der Waals surface area contributed by atoms with E-state index in [9.17, 15) is 14.7 Å². The van der Waals surface area contributed by atoms with Crippen LogP contribution in [0.5, 0.6) is 0 Å². The Bertz CT molecular complexity index is 1070. The Morgan fingerprint density at radius 2 is 2.00 bits per heavy atom. The molecule has 148 valence electrons. The van der Waals surface area contributed by atoms with Gasteiger partial charge in [-0.2, -0.15) is 0 Å². The number of imidazole rings is 1. The summed E-state index contributed by atoms with van der Waals surface area (Å²) in [6.07, 6.45) is 1.50. The van der Waals surface area contributed by atoms with Crippen LogP contribution in [0.15, 0.2) is 46.1 Å². The largest absolute Gasteiger partial charge is 0.395 e. The molecule has 3 aromatic rings. The molecule has 0 aliphatic rings. The summed E-state index contributed by atoms with van der Waals surface area (Å²) >= 11 is 6.03. The van der Waals surface area contributed by atoms with E-state index in [0.29, 0.717) is 11.0 Å². The van der Waals surface area contributed by atoms with Crippen molar-refractivity contribution in [3.63, 3.8) is 0 Å². The minimum absolute atomic E-state index is 0.0198. The maximum atomic E-state index is 12.5. The number of hydrogen-bond acceptors (Lipinski definition) is 6. The molecule has 0 saturated heterocycles. The highest BCUT2D eigenvalue weighted by molar-refractivity contribution is 6.29. The van der Waals surface area contributed by atoms with Crippen molar-refractivity contribution in [1.82, 2.24) is 19.1 Å². The summed E-state index contributed by atoms with van der Waals surface area (Å²) < 4.78 is 2.96. The number of nitrogens with two attached hydrogens (primary N) is 1. The first-order chi connectivity index (χ1) is 13.4. The molecule has 0 spiro atoms. The molecule has 0 radical (unpaired) electrons. The Morgan fingerprint density at radius 1 is 1.29 bits per heavy atom. The summed E-state index contributed by atoms with van der Waals surface area (Å²) in [6.45, 7) is 0.299. The molecule has 0 fully saturated rings. The van der Waals surface area contributed by atoms with E-state index in [1.54, 1.807) is 16.5 Å². The van der Waals surface area contributed by atoms with Crippen LogP contribution in [0.2, 0.25) is 5.15 Å². The molecule has 4 N–H and O–H groups in total. The lowest BCUT2D eigenvalue weighted by Crippen LogP contribution is -2.39. The predicted octanol–water partition coefficient (Wildman–Crippen LogP) is 0.553. The van der Waals surface area contributed by atoms with E-state index in [1.807, 2.05) is 30.3 Å². The Labute approximate surface area is 165 Å². The summed E-state index contributed by atoms with van der Waals surface area (Å²) in [7, 11) is 1.74. The van der Waals surface area contributed by atoms with Gasteiger partial charge in [0.2, 0.25) is 0 Å². The van der Waals surface area contributed by atoms with Crippen molar-refractivity contribution in [3.05, 3.63) is 73.9 Å². The fourth-order valence-corrected chi connectivity index (χ4v) is 3.08. The van der Waals surface area contributed by atoms with Crippen molar-refractivity contribution in [1.29, 1.82) is 0 Å². The van der Waals surface area contributed by atoms with Crippen molar-refractivity contribution in [2.75, 3.05) is 23.8 Å². The van der Waals surface area contributed by atoms with Crippen molar-refractivity contribution < 1.29 is 5.11 Å². The fourth-order valence-electron chi connectivity index (χ4n) is 2.94. The zero-order valence-corrected chi connectivity index (χ0v) is 16.1. The molecule has 9 nitrogen and oxygen atoms in total. The second-order valence-electron chi connectivity index (χ2n) is 6.27. The molecule has 28 heavy (non-hydrogen) atoms. The predicted molar refractivity (Wildman–Crippen MR) is 108 cm³/mol. The van der Waals surface area contributed by atoms with E-state index in [2.05, 4.69) is 9.97 Å². The van der Waals surface area contributed by atoms with Gasteiger partial charge in [-0.05, 0) is 5.56 Å². The minimum atomic E-state index is -0.624. The van der Waals surface area contributed by atoms with Crippen LogP contribution < -0.4 is 21.9 Å². The van der Waals surface area contributed by atoms with Gasteiger partial charge in [0.15, 0.2) is 0 Å². The number of aromatic amines is 1. The highest BCUT2D eigenvalue weighted by Crippen LogP contribution is 2.20. The van der Waals surface area contributed by atoms with Gasteiger partial charge in [-0.1, -0.05) is 41.9 Å². The third kappa shape index (κ3) is 3.95. The summed E-state index contributed by atoms with van der Waals surface area (Å²) in [5.74, 6) is 0.601. The molecule has 10 heteroatoms. The van der Waals surface area contributed by atoms with Crippen molar-refractivity contribution >= 4 is 23.1 Å². The van der Waals surface area contributed by atoms with Gasteiger partial charge in [-0.25, -0.2) is 9.78 Å². The zero-order valence-electron chi connectivity index (χ0n) is 15.3. The lowest BCUT2D eigenvalue weighted by molar-refractivity contribution is 0.301. The summed E-state index contributed by atoms with van der Waals surface area (Å²) in [5.41, 5.74) is 5.97. The first kappa shape index (κ1) is 19.7. The molecule has 0 atom stereocenters. The van der Waals surface area contributed by atoms with E-state index in [1.165, 1.54) is 10.8 Å². The van der Waals surface area contributed by atoms with E-state index in [4.69, 9.17) is 17.3 Å². The molecule has 2 aromatic heterocycles. The topological polar surface area (TPSA) is 122 Å². The number of rotatable bonds is 7. The van der Waals surface area contributed by atoms with Crippen LogP contribution in [0.3, 0.4) is 0 Å². The van der Waals surface area contributed by atoms with Crippen LogP contribution in [0.4, 0.5) is 11.5 Å². The maximum absolute atomic E-state index is 12.5. The number of nitrogens with zero attached hydrogens (tertiary/aromatic N) is 4. The second-order valence-corrected chi connectivity index (χ2v) is 6.65. The SMILES string of the molecule is Cn1c(Cl)cnc1CN(CCO)c1c(N)n(Cc2ccccc2)c(=O)[nH]c1=O. The first-order valence-electron chi connectivity index (χ1n) is 8.60. The van der Waals surface area contributed by atoms with E-state index in [0.717, 1.165) is 5.56 Å². The van der Waals surface area contributed by atoms with E-state index >= 15 is 0 Å². The summed E-state index contributed by atoms with van der Waals surface area (Å²) in [6, 6.07) is 9.29. The number of aromatic nitrogens is 4. The van der Waals surface area contributed by atoms with Crippen LogP contribution in [0.1, 0.15) is 11.4 Å². The summed E-state index contributed by atoms with van der Waals surface area (Å²) in [4.78, 5) is 33.0. The normalized spacial score (nSPS) is 11.0. The van der Waals surface area contributed by atoms with Gasteiger partial charge in [-0.3, -0.25) is 14.3 Å². The second kappa shape index (κ2) is 8.32. The van der Waals surface area contributed by atoms with E-state index in [-0.39, 0.29) is 37.7 Å². The van der Waals surface area contributed by atoms with Gasteiger partial charge in [0.1, 0.15) is 22.5 Å². The Morgan fingerprint density at radius 3 is 2.61 bits per heavy atom. The highest BCUT2D eigenvalue weighted by atomic mass is 35.5. The lowest BCUT2D eigenvalue weighted by Gasteiger charge is -2.25. The van der Waals surface area contributed by atoms with Gasteiger partial charge in [0.05, 0.1) is 25.9 Å². The monoisotopic (exact) mass is 404 g/mol. The third-order valence-corrected chi connectivity index (χ3v) is 4.79. The van der Waals surface area contributed by atoms with Crippen LogP contribution in [0.25, 0.3) is 0 Å². The third-order valence-electron chi connectivity index (χ3n) is 4.44. The molecule has 0 saturated carbocycles. The molecule has 3 rings (SSSR count). The van der Waals surface area contributed by atoms with Gasteiger partial charge in [-0.15, -0.1) is 0 Å². The average Bonchev–Trinajstić information content (AvgIpc) is 2.98. The van der Waals surface area contributed by atoms with E-state index < -0.39 is 11.2 Å². The number of nitrogens with one attached hydrogen (secondary N) is 1. The standard InChI is InChI=1S/C18H21ClN6O3/c1-23-13(19)9-21-14(23)11-24(7-8-26)15-16(20)25(18(28)22-17(15)27)10-12-5-3-2-4-6-12/h2-6,9,26H,7-8,10-11,20H2,1H3,(H,22,27,28). The number of anilines is 2. The highest BCUT2D eigenvalue weighted by Gasteiger charge is 2.20. The lowest BCUT2D eigenvalue weighted by atomic mass is 10.2. The van der Waals surface area contributed by atoms with Gasteiger partial charge >= 0.3 is 5.69 Å². The molecule has 0 aliphatic heterocycles. The molecule has 0 aliphatic carbocycles. The number of hydrogen-bond donors (Lipinski definition) is 3. The van der Waals surface area contributed by atoms with Crippen LogP contribution in [-0.4, -0.2) is 37.4 Å². The van der Waals surface area contributed by atoms with Gasteiger partial charge < -0.3 is 20.3 Å². The van der Waals surface area contributed by atoms with Crippen molar-refractivity contribution in [3.8, 4) is 0 Å². The van der Waals surface area contributed by atoms with Crippen LogP contribution >= 0.6 is 11.6 Å². The average molecular weight is 405 g/mol. The van der Waals surface area contributed by atoms with Crippen molar-refractivity contribution in [2.24, 2.45) is 7.05 Å². The number of aliphatic hydroxyl groups excluding tert-OH is 1. The van der Waals surface area contributed by atoms with Gasteiger partial charge in [0.25, 0.3) is 5.56 Å². The Kier molecular flexibility index (Phi) is 5.86. The summed E-state index contributed by atoms with van der Waals surface area (Å²) in [5, 5.41) is 9.91. The Balaban J connectivity index is 2.05. The number of H-pyrrole nitrogens is 1. The first-order valence-corrected chi connectivity index (χ1v) is 8.98. The number of nitrogen functional groups attached to an aromatic ring is 1. The fraction of sp³-hybridized carbons (Fsp3) is 0.278. The Hall–Kier alpha value is -3.04. The zero-order chi connectivity index (χ0) is 20.3. The number of aliphatic hydroxyl groups is 1. The number of halogens is 1. The number of benzene rings is 1. The van der Waals surface area contributed by atoms with Crippen LogP contribution in [-0.2, 0) is 20.1 Å². The molecule has 0 amide bonds. The van der Waals surface area contributed by atoms with Crippen molar-refractivity contribution in [2.45, 2.75) is 13.1 Å². The molecule has 2 heterocycles.